The molecule has 0 atom stereocenters. The minimum Gasteiger partial charge on any atom is -0.352 e. The molecule has 1 aromatic heterocycles. The Morgan fingerprint density at radius 1 is 1.45 bits per heavy atom. The predicted octanol–water partition coefficient (Wildman–Crippen LogP) is 1.08. The van der Waals surface area contributed by atoms with Crippen LogP contribution in [0.15, 0.2) is 6.20 Å². The zero-order valence-electron chi connectivity index (χ0n) is 12.4. The summed E-state index contributed by atoms with van der Waals surface area (Å²) in [7, 11) is 0. The number of hydrogen-bond acceptors (Lipinski definition) is 4. The van der Waals surface area contributed by atoms with Gasteiger partial charge in [-0.1, -0.05) is 19.1 Å². The number of aromatic nitrogens is 3. The standard InChI is InChI=1S/C14H25N5O/c1-3-12(4-2)16-14(20)10-19-9-13(17-18-19)8-15-7-11-5-6-11/h9,11-12,15H,3-8,10H2,1-2H3,(H,16,20). The molecule has 6 nitrogen and oxygen atoms in total. The summed E-state index contributed by atoms with van der Waals surface area (Å²) in [5, 5.41) is 14.4. The third kappa shape index (κ3) is 4.92. The van der Waals surface area contributed by atoms with E-state index >= 15 is 0 Å². The summed E-state index contributed by atoms with van der Waals surface area (Å²) < 4.78 is 1.60. The van der Waals surface area contributed by atoms with Crippen molar-refractivity contribution < 1.29 is 4.79 Å². The van der Waals surface area contributed by atoms with E-state index in [0.717, 1.165) is 37.5 Å². The minimum absolute atomic E-state index is 0.00101. The highest BCUT2D eigenvalue weighted by molar-refractivity contribution is 5.75. The van der Waals surface area contributed by atoms with E-state index in [9.17, 15) is 4.79 Å². The van der Waals surface area contributed by atoms with Crippen molar-refractivity contribution in [3.05, 3.63) is 11.9 Å². The van der Waals surface area contributed by atoms with Crippen LogP contribution in [0.2, 0.25) is 0 Å². The lowest BCUT2D eigenvalue weighted by Gasteiger charge is -2.14. The molecule has 0 bridgehead atoms. The molecule has 0 spiro atoms. The van der Waals surface area contributed by atoms with E-state index in [2.05, 4.69) is 34.8 Å². The first-order valence-corrected chi connectivity index (χ1v) is 7.60. The largest absolute Gasteiger partial charge is 0.352 e. The number of amides is 1. The molecule has 0 unspecified atom stereocenters. The van der Waals surface area contributed by atoms with Crippen molar-refractivity contribution in [1.29, 1.82) is 0 Å². The van der Waals surface area contributed by atoms with E-state index < -0.39 is 0 Å². The van der Waals surface area contributed by atoms with Gasteiger partial charge in [-0.2, -0.15) is 0 Å². The summed E-state index contributed by atoms with van der Waals surface area (Å²) in [6.45, 7) is 6.18. The van der Waals surface area contributed by atoms with Crippen molar-refractivity contribution in [3.63, 3.8) is 0 Å². The molecule has 20 heavy (non-hydrogen) atoms. The van der Waals surface area contributed by atoms with Gasteiger partial charge in [0, 0.05) is 12.6 Å². The first kappa shape index (κ1) is 15.0. The molecule has 2 rings (SSSR count). The first-order valence-electron chi connectivity index (χ1n) is 7.60. The van der Waals surface area contributed by atoms with E-state index in [1.54, 1.807) is 4.68 Å². The molecule has 0 radical (unpaired) electrons. The maximum Gasteiger partial charge on any atom is 0.242 e. The Kier molecular flexibility index (Phi) is 5.52. The molecule has 1 aromatic rings. The summed E-state index contributed by atoms with van der Waals surface area (Å²) in [5.41, 5.74) is 0.890. The third-order valence-electron chi connectivity index (χ3n) is 3.68. The van der Waals surface area contributed by atoms with Crippen LogP contribution in [-0.4, -0.2) is 33.5 Å². The van der Waals surface area contributed by atoms with Crippen LogP contribution in [0.4, 0.5) is 0 Å². The molecule has 1 aliphatic carbocycles. The van der Waals surface area contributed by atoms with Gasteiger partial charge >= 0.3 is 0 Å². The van der Waals surface area contributed by atoms with Gasteiger partial charge in [0.1, 0.15) is 6.54 Å². The normalized spacial score (nSPS) is 14.8. The highest BCUT2D eigenvalue weighted by Crippen LogP contribution is 2.27. The van der Waals surface area contributed by atoms with Crippen LogP contribution in [0.3, 0.4) is 0 Å². The van der Waals surface area contributed by atoms with Crippen molar-refractivity contribution in [2.75, 3.05) is 6.54 Å². The molecule has 112 valence electrons. The summed E-state index contributed by atoms with van der Waals surface area (Å²) in [6.07, 6.45) is 6.43. The fourth-order valence-electron chi connectivity index (χ4n) is 2.14. The Morgan fingerprint density at radius 3 is 2.85 bits per heavy atom. The Morgan fingerprint density at radius 2 is 2.20 bits per heavy atom. The number of carbonyl (C=O) groups excluding carboxylic acids is 1. The molecule has 1 fully saturated rings. The summed E-state index contributed by atoms with van der Waals surface area (Å²) in [4.78, 5) is 11.8. The maximum atomic E-state index is 11.8. The zero-order valence-corrected chi connectivity index (χ0v) is 12.4. The number of carbonyl (C=O) groups is 1. The van der Waals surface area contributed by atoms with E-state index in [0.29, 0.717) is 0 Å². The quantitative estimate of drug-likeness (QED) is 0.709. The lowest BCUT2D eigenvalue weighted by atomic mass is 10.2. The molecule has 2 N–H and O–H groups in total. The second-order valence-electron chi connectivity index (χ2n) is 5.56. The van der Waals surface area contributed by atoms with E-state index in [-0.39, 0.29) is 18.5 Å². The fraction of sp³-hybridized carbons (Fsp3) is 0.786. The van der Waals surface area contributed by atoms with Crippen LogP contribution in [0.25, 0.3) is 0 Å². The highest BCUT2D eigenvalue weighted by Gasteiger charge is 2.20. The number of rotatable bonds is 9. The van der Waals surface area contributed by atoms with E-state index in [4.69, 9.17) is 0 Å². The van der Waals surface area contributed by atoms with Gasteiger partial charge in [-0.05, 0) is 38.1 Å². The number of nitrogens with zero attached hydrogens (tertiary/aromatic N) is 3. The lowest BCUT2D eigenvalue weighted by molar-refractivity contribution is -0.122. The van der Waals surface area contributed by atoms with E-state index in [1.807, 2.05) is 6.20 Å². The average Bonchev–Trinajstić information content (AvgIpc) is 3.16. The van der Waals surface area contributed by atoms with Crippen molar-refractivity contribution >= 4 is 5.91 Å². The summed E-state index contributed by atoms with van der Waals surface area (Å²) in [5.74, 6) is 0.858. The van der Waals surface area contributed by atoms with Gasteiger partial charge in [-0.15, -0.1) is 5.10 Å². The van der Waals surface area contributed by atoms with Crippen molar-refractivity contribution in [2.24, 2.45) is 5.92 Å². The SMILES string of the molecule is CCC(CC)NC(=O)Cn1cc(CNCC2CC2)nn1. The first-order chi connectivity index (χ1) is 9.71. The van der Waals surface area contributed by atoms with Crippen LogP contribution in [0.1, 0.15) is 45.2 Å². The molecule has 0 saturated heterocycles. The predicted molar refractivity (Wildman–Crippen MR) is 77.0 cm³/mol. The molecule has 1 amide bonds. The van der Waals surface area contributed by atoms with Gasteiger partial charge in [0.25, 0.3) is 0 Å². The van der Waals surface area contributed by atoms with Gasteiger partial charge < -0.3 is 10.6 Å². The van der Waals surface area contributed by atoms with Crippen LogP contribution in [-0.2, 0) is 17.9 Å². The smallest absolute Gasteiger partial charge is 0.242 e. The summed E-state index contributed by atoms with van der Waals surface area (Å²) >= 11 is 0. The number of hydrogen-bond donors (Lipinski definition) is 2. The molecule has 0 aromatic carbocycles. The van der Waals surface area contributed by atoms with Crippen LogP contribution >= 0.6 is 0 Å². The van der Waals surface area contributed by atoms with Crippen molar-refractivity contribution in [1.82, 2.24) is 25.6 Å². The average molecular weight is 279 g/mol. The molecule has 1 aliphatic rings. The zero-order chi connectivity index (χ0) is 14.4. The Labute approximate surface area is 120 Å². The Bertz CT molecular complexity index is 423. The molecule has 1 heterocycles. The van der Waals surface area contributed by atoms with Crippen molar-refractivity contribution in [3.8, 4) is 0 Å². The number of nitrogens with one attached hydrogen (secondary N) is 2. The molecule has 0 aliphatic heterocycles. The van der Waals surface area contributed by atoms with Crippen LogP contribution < -0.4 is 10.6 Å². The third-order valence-corrected chi connectivity index (χ3v) is 3.68. The van der Waals surface area contributed by atoms with Gasteiger partial charge in [-0.3, -0.25) is 4.79 Å². The lowest BCUT2D eigenvalue weighted by Crippen LogP contribution is -2.36. The van der Waals surface area contributed by atoms with Crippen LogP contribution in [0.5, 0.6) is 0 Å². The van der Waals surface area contributed by atoms with Gasteiger partial charge in [0.15, 0.2) is 0 Å². The molecule has 1 saturated carbocycles. The van der Waals surface area contributed by atoms with Gasteiger partial charge in [0.05, 0.1) is 11.9 Å². The Hall–Kier alpha value is -1.43. The topological polar surface area (TPSA) is 71.8 Å². The molecular weight excluding hydrogens is 254 g/mol. The van der Waals surface area contributed by atoms with E-state index in [1.165, 1.54) is 12.8 Å². The Balaban J connectivity index is 1.71. The maximum absolute atomic E-state index is 11.8. The monoisotopic (exact) mass is 279 g/mol. The molecule has 6 heteroatoms. The highest BCUT2D eigenvalue weighted by atomic mass is 16.2. The van der Waals surface area contributed by atoms with Gasteiger partial charge in [0.2, 0.25) is 5.91 Å². The summed E-state index contributed by atoms with van der Waals surface area (Å²) in [6, 6.07) is 0.255. The molecular formula is C14H25N5O. The second kappa shape index (κ2) is 7.38. The fourth-order valence-corrected chi connectivity index (χ4v) is 2.14. The van der Waals surface area contributed by atoms with Crippen molar-refractivity contribution in [2.45, 2.75) is 58.7 Å². The van der Waals surface area contributed by atoms with Crippen LogP contribution in [0, 0.1) is 5.92 Å². The second-order valence-corrected chi connectivity index (χ2v) is 5.56. The minimum atomic E-state index is 0.00101. The van der Waals surface area contributed by atoms with Gasteiger partial charge in [-0.25, -0.2) is 4.68 Å².